The van der Waals surface area contributed by atoms with E-state index in [0.717, 1.165) is 66.2 Å². The molecule has 0 aliphatic heterocycles. The highest BCUT2D eigenvalue weighted by Crippen LogP contribution is 2.35. The first kappa shape index (κ1) is 17.0. The number of nitrogens with one attached hydrogen (secondary N) is 2. The van der Waals surface area contributed by atoms with Crippen LogP contribution in [0.1, 0.15) is 0 Å². The Morgan fingerprint density at radius 3 is 2.53 bits per heavy atom. The third-order valence-corrected chi connectivity index (χ3v) is 5.95. The second kappa shape index (κ2) is 6.57. The summed E-state index contributed by atoms with van der Waals surface area (Å²) >= 11 is 1.09. The maximum atomic E-state index is 13.6. The van der Waals surface area contributed by atoms with Crippen molar-refractivity contribution >= 4 is 33.1 Å². The second-order valence-electron chi connectivity index (χ2n) is 6.87. The molecule has 1 aromatic carbocycles. The minimum absolute atomic E-state index is 0.227. The Bertz CT molecular complexity index is 1520. The molecule has 0 saturated heterocycles. The molecule has 0 aliphatic carbocycles. The van der Waals surface area contributed by atoms with Crippen LogP contribution >= 0.6 is 11.3 Å². The minimum atomic E-state index is -0.227. The van der Waals surface area contributed by atoms with Crippen LogP contribution in [0.3, 0.4) is 0 Å². The molecule has 0 radical (unpaired) electrons. The van der Waals surface area contributed by atoms with Crippen molar-refractivity contribution < 1.29 is 4.39 Å². The van der Waals surface area contributed by atoms with E-state index < -0.39 is 0 Å². The molecule has 2 N–H and O–H groups in total. The van der Waals surface area contributed by atoms with Gasteiger partial charge in [0.15, 0.2) is 5.13 Å². The average molecular weight is 412 g/mol. The molecule has 5 aromatic heterocycles. The molecule has 5 heterocycles. The van der Waals surface area contributed by atoms with Gasteiger partial charge in [-0.15, -0.1) is 11.3 Å². The van der Waals surface area contributed by atoms with E-state index in [0.29, 0.717) is 0 Å². The first-order valence-corrected chi connectivity index (χ1v) is 10.1. The van der Waals surface area contributed by atoms with Crippen LogP contribution in [-0.2, 0) is 0 Å². The molecular formula is C22H13FN6S. The normalized spacial score (nSPS) is 11.5. The van der Waals surface area contributed by atoms with Gasteiger partial charge < -0.3 is 4.98 Å². The monoisotopic (exact) mass is 412 g/mol. The zero-order valence-electron chi connectivity index (χ0n) is 15.4. The summed E-state index contributed by atoms with van der Waals surface area (Å²) in [5.74, 6) is 0. The van der Waals surface area contributed by atoms with Crippen LogP contribution in [0, 0.1) is 5.13 Å². The molecule has 0 spiro atoms. The van der Waals surface area contributed by atoms with Gasteiger partial charge in [0, 0.05) is 40.4 Å². The summed E-state index contributed by atoms with van der Waals surface area (Å²) in [5.41, 5.74) is 6.24. The van der Waals surface area contributed by atoms with Crippen molar-refractivity contribution in [3.05, 3.63) is 72.5 Å². The van der Waals surface area contributed by atoms with Gasteiger partial charge in [0.2, 0.25) is 0 Å². The van der Waals surface area contributed by atoms with E-state index in [1.165, 1.54) is 12.4 Å². The number of H-pyrrole nitrogens is 2. The van der Waals surface area contributed by atoms with Crippen LogP contribution in [0.4, 0.5) is 4.39 Å². The number of pyridine rings is 1. The summed E-state index contributed by atoms with van der Waals surface area (Å²) < 4.78 is 13.6. The molecule has 0 bridgehead atoms. The van der Waals surface area contributed by atoms with Crippen molar-refractivity contribution in [2.75, 3.05) is 0 Å². The Labute approximate surface area is 173 Å². The van der Waals surface area contributed by atoms with E-state index in [2.05, 4.69) is 36.2 Å². The molecule has 8 heteroatoms. The first-order chi connectivity index (χ1) is 14.8. The summed E-state index contributed by atoms with van der Waals surface area (Å²) in [7, 11) is 0. The van der Waals surface area contributed by atoms with E-state index in [1.807, 2.05) is 24.3 Å². The van der Waals surface area contributed by atoms with E-state index in [1.54, 1.807) is 24.7 Å². The van der Waals surface area contributed by atoms with Crippen LogP contribution in [0.5, 0.6) is 0 Å². The van der Waals surface area contributed by atoms with Crippen molar-refractivity contribution in [3.63, 3.8) is 0 Å². The number of benzene rings is 1. The lowest BCUT2D eigenvalue weighted by molar-refractivity contribution is 0.657. The highest BCUT2D eigenvalue weighted by molar-refractivity contribution is 7.13. The fourth-order valence-corrected chi connectivity index (χ4v) is 4.41. The maximum absolute atomic E-state index is 13.6. The van der Waals surface area contributed by atoms with Crippen molar-refractivity contribution in [2.24, 2.45) is 0 Å². The number of nitrogens with zero attached hydrogens (tertiary/aromatic N) is 4. The van der Waals surface area contributed by atoms with Gasteiger partial charge in [0.05, 0.1) is 21.8 Å². The van der Waals surface area contributed by atoms with Crippen molar-refractivity contribution in [3.8, 4) is 33.1 Å². The standard InChI is InChI=1S/C22H13FN6S/c23-20-4-3-19(30-20)22-15-8-18(27-16(15)5-6-26-22)21-14-7-12(1-2-17(14)28-29-21)13-9-24-11-25-10-13/h1-11,27H,(H,28,29). The summed E-state index contributed by atoms with van der Waals surface area (Å²) in [6, 6.07) is 13.2. The number of halogens is 1. The molecule has 6 aromatic rings. The fourth-order valence-electron chi connectivity index (χ4n) is 3.67. The molecule has 0 amide bonds. The van der Waals surface area contributed by atoms with Crippen LogP contribution in [0.25, 0.3) is 54.9 Å². The van der Waals surface area contributed by atoms with E-state index >= 15 is 0 Å². The minimum Gasteiger partial charge on any atom is -0.353 e. The first-order valence-electron chi connectivity index (χ1n) is 9.23. The third-order valence-electron chi connectivity index (χ3n) is 5.07. The summed E-state index contributed by atoms with van der Waals surface area (Å²) in [6.45, 7) is 0. The Morgan fingerprint density at radius 2 is 1.70 bits per heavy atom. The lowest BCUT2D eigenvalue weighted by Gasteiger charge is -2.01. The number of thiophene rings is 1. The largest absolute Gasteiger partial charge is 0.353 e. The number of aromatic amines is 2. The molecule has 0 unspecified atom stereocenters. The van der Waals surface area contributed by atoms with Gasteiger partial charge in [-0.3, -0.25) is 10.1 Å². The Balaban J connectivity index is 1.52. The van der Waals surface area contributed by atoms with Crippen LogP contribution in [0.2, 0.25) is 0 Å². The van der Waals surface area contributed by atoms with Gasteiger partial charge in [-0.2, -0.15) is 9.49 Å². The predicted molar refractivity (Wildman–Crippen MR) is 115 cm³/mol. The van der Waals surface area contributed by atoms with E-state index in [9.17, 15) is 4.39 Å². The van der Waals surface area contributed by atoms with Gasteiger partial charge in [-0.25, -0.2) is 9.97 Å². The smallest absolute Gasteiger partial charge is 0.177 e. The number of aromatic nitrogens is 6. The van der Waals surface area contributed by atoms with Crippen LogP contribution < -0.4 is 0 Å². The van der Waals surface area contributed by atoms with Gasteiger partial charge in [0.25, 0.3) is 0 Å². The molecule has 144 valence electrons. The van der Waals surface area contributed by atoms with Gasteiger partial charge in [-0.1, -0.05) is 6.07 Å². The van der Waals surface area contributed by atoms with Crippen molar-refractivity contribution in [2.45, 2.75) is 0 Å². The Hall–Kier alpha value is -3.91. The topological polar surface area (TPSA) is 83.1 Å². The fraction of sp³-hybridized carbons (Fsp3) is 0. The maximum Gasteiger partial charge on any atom is 0.177 e. The van der Waals surface area contributed by atoms with Crippen LogP contribution in [-0.4, -0.2) is 30.1 Å². The van der Waals surface area contributed by atoms with Crippen LogP contribution in [0.15, 0.2) is 67.4 Å². The Kier molecular flexibility index (Phi) is 3.72. The van der Waals surface area contributed by atoms with E-state index in [4.69, 9.17) is 0 Å². The van der Waals surface area contributed by atoms with Gasteiger partial charge in [0.1, 0.15) is 12.0 Å². The molecule has 0 atom stereocenters. The second-order valence-corrected chi connectivity index (χ2v) is 7.90. The number of fused-ring (bicyclic) bond motifs is 2. The average Bonchev–Trinajstić information content (AvgIpc) is 3.51. The molecule has 0 fully saturated rings. The zero-order chi connectivity index (χ0) is 20.1. The predicted octanol–water partition coefficient (Wildman–Crippen LogP) is 5.43. The molecule has 6 nitrogen and oxygen atoms in total. The lowest BCUT2D eigenvalue weighted by atomic mass is 10.0. The van der Waals surface area contributed by atoms with Crippen molar-refractivity contribution in [1.82, 2.24) is 30.1 Å². The highest BCUT2D eigenvalue weighted by atomic mass is 32.1. The zero-order valence-corrected chi connectivity index (χ0v) is 16.2. The van der Waals surface area contributed by atoms with Crippen molar-refractivity contribution in [1.29, 1.82) is 0 Å². The number of hydrogen-bond acceptors (Lipinski definition) is 5. The summed E-state index contributed by atoms with van der Waals surface area (Å²) in [6.07, 6.45) is 6.82. The molecule has 6 rings (SSSR count). The molecule has 0 aliphatic rings. The van der Waals surface area contributed by atoms with Gasteiger partial charge in [-0.05, 0) is 42.0 Å². The van der Waals surface area contributed by atoms with Gasteiger partial charge >= 0.3 is 0 Å². The highest BCUT2D eigenvalue weighted by Gasteiger charge is 2.15. The summed E-state index contributed by atoms with van der Waals surface area (Å²) in [5, 5.41) is 9.32. The Morgan fingerprint density at radius 1 is 0.833 bits per heavy atom. The molecule has 0 saturated carbocycles. The number of rotatable bonds is 3. The van der Waals surface area contributed by atoms with E-state index in [-0.39, 0.29) is 5.13 Å². The SMILES string of the molecule is Fc1ccc(-c2nccc3[nH]c(-c4n[nH]c5ccc(-c6cncnc6)cc45)cc23)s1. The molecular weight excluding hydrogens is 399 g/mol. The quantitative estimate of drug-likeness (QED) is 0.406. The lowest BCUT2D eigenvalue weighted by Crippen LogP contribution is -1.83. The number of hydrogen-bond donors (Lipinski definition) is 2. The third kappa shape index (κ3) is 2.69. The molecule has 30 heavy (non-hydrogen) atoms. The summed E-state index contributed by atoms with van der Waals surface area (Å²) in [4.78, 5) is 16.9.